The molecule has 4 heteroatoms. The van der Waals surface area contributed by atoms with Crippen LogP contribution in [0.4, 0.5) is 4.39 Å². The number of thiazole rings is 1. The van der Waals surface area contributed by atoms with Gasteiger partial charge < -0.3 is 5.32 Å². The summed E-state index contributed by atoms with van der Waals surface area (Å²) in [5.74, 6) is 0.422. The van der Waals surface area contributed by atoms with Crippen LogP contribution in [0.5, 0.6) is 0 Å². The SMILES string of the molecule is CCc1nc(-c2cccc(F)c2)sc1CNCC(C)C. The van der Waals surface area contributed by atoms with Gasteiger partial charge in [-0.25, -0.2) is 9.37 Å². The first-order valence-electron chi connectivity index (χ1n) is 7.05. The largest absolute Gasteiger partial charge is 0.312 e. The highest BCUT2D eigenvalue weighted by atomic mass is 32.1. The minimum absolute atomic E-state index is 0.213. The molecular formula is C16H21FN2S. The predicted octanol–water partition coefficient (Wildman–Crippen LogP) is 4.26. The van der Waals surface area contributed by atoms with Crippen LogP contribution in [0.3, 0.4) is 0 Å². The molecule has 2 nitrogen and oxygen atoms in total. The highest BCUT2D eigenvalue weighted by molar-refractivity contribution is 7.15. The molecule has 20 heavy (non-hydrogen) atoms. The van der Waals surface area contributed by atoms with E-state index in [0.717, 1.165) is 35.8 Å². The quantitative estimate of drug-likeness (QED) is 0.860. The minimum atomic E-state index is -0.213. The molecule has 0 bridgehead atoms. The second-order valence-electron chi connectivity index (χ2n) is 5.28. The molecule has 108 valence electrons. The van der Waals surface area contributed by atoms with E-state index in [2.05, 4.69) is 31.1 Å². The molecule has 0 aliphatic rings. The zero-order chi connectivity index (χ0) is 14.5. The third kappa shape index (κ3) is 3.87. The Morgan fingerprint density at radius 1 is 1.35 bits per heavy atom. The Hall–Kier alpha value is -1.26. The summed E-state index contributed by atoms with van der Waals surface area (Å²) < 4.78 is 13.3. The summed E-state index contributed by atoms with van der Waals surface area (Å²) in [6, 6.07) is 6.65. The Morgan fingerprint density at radius 3 is 2.80 bits per heavy atom. The first-order valence-corrected chi connectivity index (χ1v) is 7.87. The second-order valence-corrected chi connectivity index (χ2v) is 6.36. The van der Waals surface area contributed by atoms with Crippen LogP contribution in [-0.4, -0.2) is 11.5 Å². The average Bonchev–Trinajstić information content (AvgIpc) is 2.81. The highest BCUT2D eigenvalue weighted by Gasteiger charge is 2.11. The molecule has 0 amide bonds. The van der Waals surface area contributed by atoms with Crippen LogP contribution in [0, 0.1) is 11.7 Å². The molecule has 2 rings (SSSR count). The number of halogens is 1. The van der Waals surface area contributed by atoms with Crippen molar-refractivity contribution in [3.05, 3.63) is 40.7 Å². The maximum Gasteiger partial charge on any atom is 0.124 e. The number of rotatable bonds is 6. The summed E-state index contributed by atoms with van der Waals surface area (Å²) in [5, 5.41) is 4.35. The average molecular weight is 292 g/mol. The molecule has 1 heterocycles. The smallest absolute Gasteiger partial charge is 0.124 e. The molecule has 0 aliphatic heterocycles. The van der Waals surface area contributed by atoms with Gasteiger partial charge in [0.1, 0.15) is 10.8 Å². The fraction of sp³-hybridized carbons (Fsp3) is 0.438. The van der Waals surface area contributed by atoms with Crippen molar-refractivity contribution < 1.29 is 4.39 Å². The van der Waals surface area contributed by atoms with Gasteiger partial charge in [-0.2, -0.15) is 0 Å². The van der Waals surface area contributed by atoms with Crippen LogP contribution < -0.4 is 5.32 Å². The van der Waals surface area contributed by atoms with Crippen molar-refractivity contribution in [3.8, 4) is 10.6 Å². The van der Waals surface area contributed by atoms with Gasteiger partial charge in [0.25, 0.3) is 0 Å². The van der Waals surface area contributed by atoms with Gasteiger partial charge in [-0.05, 0) is 31.0 Å². The zero-order valence-corrected chi connectivity index (χ0v) is 13.1. The molecule has 0 spiro atoms. The van der Waals surface area contributed by atoms with E-state index in [-0.39, 0.29) is 5.82 Å². The van der Waals surface area contributed by atoms with Crippen LogP contribution in [0.25, 0.3) is 10.6 Å². The first kappa shape index (κ1) is 15.1. The monoisotopic (exact) mass is 292 g/mol. The number of hydrogen-bond acceptors (Lipinski definition) is 3. The number of aromatic nitrogens is 1. The highest BCUT2D eigenvalue weighted by Crippen LogP contribution is 2.28. The molecule has 2 aromatic rings. The number of nitrogens with zero attached hydrogens (tertiary/aromatic N) is 1. The zero-order valence-electron chi connectivity index (χ0n) is 12.2. The number of hydrogen-bond donors (Lipinski definition) is 1. The number of aryl methyl sites for hydroxylation is 1. The lowest BCUT2D eigenvalue weighted by atomic mass is 10.2. The Bertz CT molecular complexity index is 563. The van der Waals surface area contributed by atoms with E-state index in [4.69, 9.17) is 0 Å². The number of nitrogens with one attached hydrogen (secondary N) is 1. The summed E-state index contributed by atoms with van der Waals surface area (Å²) in [6.07, 6.45) is 0.907. The lowest BCUT2D eigenvalue weighted by molar-refractivity contribution is 0.553. The Balaban J connectivity index is 2.18. The fourth-order valence-corrected chi connectivity index (χ4v) is 3.13. The molecular weight excluding hydrogens is 271 g/mol. The topological polar surface area (TPSA) is 24.9 Å². The first-order chi connectivity index (χ1) is 9.60. The molecule has 0 saturated carbocycles. The van der Waals surface area contributed by atoms with Crippen LogP contribution in [-0.2, 0) is 13.0 Å². The Morgan fingerprint density at radius 2 is 2.15 bits per heavy atom. The van der Waals surface area contributed by atoms with Gasteiger partial charge in [0.15, 0.2) is 0 Å². The van der Waals surface area contributed by atoms with Gasteiger partial charge in [-0.15, -0.1) is 11.3 Å². The van der Waals surface area contributed by atoms with Crippen molar-refractivity contribution in [2.24, 2.45) is 5.92 Å². The second kappa shape index (κ2) is 6.95. The van der Waals surface area contributed by atoms with E-state index in [1.807, 2.05) is 6.07 Å². The predicted molar refractivity (Wildman–Crippen MR) is 83.4 cm³/mol. The Kier molecular flexibility index (Phi) is 5.26. The third-order valence-electron chi connectivity index (χ3n) is 3.02. The van der Waals surface area contributed by atoms with E-state index in [9.17, 15) is 4.39 Å². The van der Waals surface area contributed by atoms with Crippen LogP contribution >= 0.6 is 11.3 Å². The van der Waals surface area contributed by atoms with Gasteiger partial charge >= 0.3 is 0 Å². The van der Waals surface area contributed by atoms with Gasteiger partial charge in [0.2, 0.25) is 0 Å². The van der Waals surface area contributed by atoms with E-state index in [0.29, 0.717) is 5.92 Å². The summed E-state index contributed by atoms with van der Waals surface area (Å²) in [6.45, 7) is 8.33. The minimum Gasteiger partial charge on any atom is -0.312 e. The summed E-state index contributed by atoms with van der Waals surface area (Å²) >= 11 is 1.66. The lowest BCUT2D eigenvalue weighted by Crippen LogP contribution is -2.18. The van der Waals surface area contributed by atoms with Crippen molar-refractivity contribution in [2.45, 2.75) is 33.7 Å². The third-order valence-corrected chi connectivity index (χ3v) is 4.17. The normalized spacial score (nSPS) is 11.2. The van der Waals surface area contributed by atoms with E-state index < -0.39 is 0 Å². The van der Waals surface area contributed by atoms with Crippen molar-refractivity contribution in [2.75, 3.05) is 6.54 Å². The fourth-order valence-electron chi connectivity index (χ4n) is 2.02. The van der Waals surface area contributed by atoms with E-state index >= 15 is 0 Å². The molecule has 1 N–H and O–H groups in total. The van der Waals surface area contributed by atoms with Crippen molar-refractivity contribution >= 4 is 11.3 Å². The summed E-state index contributed by atoms with van der Waals surface area (Å²) in [4.78, 5) is 5.91. The van der Waals surface area contributed by atoms with E-state index in [1.165, 1.54) is 10.9 Å². The molecule has 1 aromatic carbocycles. The van der Waals surface area contributed by atoms with Gasteiger partial charge in [0.05, 0.1) is 5.69 Å². The molecule has 0 radical (unpaired) electrons. The van der Waals surface area contributed by atoms with Gasteiger partial charge in [-0.3, -0.25) is 0 Å². The van der Waals surface area contributed by atoms with Crippen molar-refractivity contribution in [1.82, 2.24) is 10.3 Å². The van der Waals surface area contributed by atoms with Gasteiger partial charge in [0, 0.05) is 17.0 Å². The maximum absolute atomic E-state index is 13.3. The van der Waals surface area contributed by atoms with Crippen molar-refractivity contribution in [3.63, 3.8) is 0 Å². The molecule has 0 fully saturated rings. The van der Waals surface area contributed by atoms with E-state index in [1.54, 1.807) is 23.5 Å². The molecule has 0 unspecified atom stereocenters. The molecule has 0 atom stereocenters. The standard InChI is InChI=1S/C16H21FN2S/c1-4-14-15(10-18-9-11(2)3)20-16(19-14)12-6-5-7-13(17)8-12/h5-8,11,18H,4,9-10H2,1-3H3. The summed E-state index contributed by atoms with van der Waals surface area (Å²) in [7, 11) is 0. The molecule has 1 aromatic heterocycles. The lowest BCUT2D eigenvalue weighted by Gasteiger charge is -2.06. The van der Waals surface area contributed by atoms with Crippen LogP contribution in [0.15, 0.2) is 24.3 Å². The molecule has 0 aliphatic carbocycles. The van der Waals surface area contributed by atoms with Crippen LogP contribution in [0.2, 0.25) is 0 Å². The Labute approximate surface area is 124 Å². The molecule has 0 saturated heterocycles. The summed E-state index contributed by atoms with van der Waals surface area (Å²) in [5.41, 5.74) is 1.98. The number of benzene rings is 1. The van der Waals surface area contributed by atoms with Crippen LogP contribution in [0.1, 0.15) is 31.3 Å². The van der Waals surface area contributed by atoms with Crippen molar-refractivity contribution in [1.29, 1.82) is 0 Å². The van der Waals surface area contributed by atoms with Gasteiger partial charge in [-0.1, -0.05) is 32.9 Å². The maximum atomic E-state index is 13.3.